The van der Waals surface area contributed by atoms with E-state index in [1.54, 1.807) is 11.8 Å². The second kappa shape index (κ2) is 11.2. The number of carboxylic acid groups (broad SMARTS) is 1. The van der Waals surface area contributed by atoms with Crippen molar-refractivity contribution in [2.24, 2.45) is 0 Å². The van der Waals surface area contributed by atoms with Crippen LogP contribution in [0.3, 0.4) is 0 Å². The number of hydrogen-bond donors (Lipinski definition) is 1. The van der Waals surface area contributed by atoms with E-state index < -0.39 is 6.09 Å². The highest BCUT2D eigenvalue weighted by Crippen LogP contribution is 2.43. The lowest BCUT2D eigenvalue weighted by Crippen LogP contribution is -2.48. The van der Waals surface area contributed by atoms with Crippen LogP contribution in [0.2, 0.25) is 0 Å². The van der Waals surface area contributed by atoms with Gasteiger partial charge < -0.3 is 14.9 Å². The predicted molar refractivity (Wildman–Crippen MR) is 145 cm³/mol. The molecule has 2 heterocycles. The summed E-state index contributed by atoms with van der Waals surface area (Å²) in [6, 6.07) is 15.7. The van der Waals surface area contributed by atoms with Gasteiger partial charge in [-0.15, -0.1) is 0 Å². The quantitative estimate of drug-likeness (QED) is 0.454. The van der Waals surface area contributed by atoms with Gasteiger partial charge in [-0.2, -0.15) is 5.10 Å². The Hall–Kier alpha value is -3.65. The number of rotatable bonds is 8. The van der Waals surface area contributed by atoms with E-state index in [-0.39, 0.29) is 24.0 Å². The van der Waals surface area contributed by atoms with Crippen LogP contribution in [0, 0.1) is 0 Å². The molecule has 3 aromatic rings. The standard InChI is InChI=1S/C29H37N5O3/c1-20(2)33(29(36)37)28-15-21(3)34(22(4)35)27-12-11-24(16-26(27)28)25-17-30-32(19-25)14-13-31(5)18-23-9-7-6-8-10-23/h6-12,16-17,19-21,28H,13-15,18H2,1-5H3,(H,36,37)/t21-,28+/m0/s1. The molecule has 0 fully saturated rings. The van der Waals surface area contributed by atoms with Crippen LogP contribution in [-0.4, -0.2) is 62.4 Å². The Balaban J connectivity index is 1.57. The summed E-state index contributed by atoms with van der Waals surface area (Å²) in [6.07, 6.45) is 3.47. The van der Waals surface area contributed by atoms with Crippen LogP contribution >= 0.6 is 0 Å². The molecule has 0 unspecified atom stereocenters. The first-order valence-corrected chi connectivity index (χ1v) is 12.9. The Morgan fingerprint density at radius 3 is 2.51 bits per heavy atom. The molecule has 8 nitrogen and oxygen atoms in total. The van der Waals surface area contributed by atoms with Gasteiger partial charge in [0.05, 0.1) is 18.8 Å². The van der Waals surface area contributed by atoms with Gasteiger partial charge in [0.15, 0.2) is 0 Å². The van der Waals surface area contributed by atoms with E-state index in [1.807, 2.05) is 62.1 Å². The summed E-state index contributed by atoms with van der Waals surface area (Å²) in [6.45, 7) is 9.80. The average molecular weight is 504 g/mol. The first-order chi connectivity index (χ1) is 17.7. The number of benzene rings is 2. The molecular formula is C29H37N5O3. The normalized spacial score (nSPS) is 17.2. The molecule has 0 saturated carbocycles. The zero-order chi connectivity index (χ0) is 26.7. The zero-order valence-corrected chi connectivity index (χ0v) is 22.3. The van der Waals surface area contributed by atoms with Crippen molar-refractivity contribution in [1.29, 1.82) is 0 Å². The molecule has 1 aliphatic heterocycles. The highest BCUT2D eigenvalue weighted by Gasteiger charge is 2.38. The molecule has 196 valence electrons. The third kappa shape index (κ3) is 5.85. The fourth-order valence-corrected chi connectivity index (χ4v) is 5.35. The third-order valence-corrected chi connectivity index (χ3v) is 7.08. The van der Waals surface area contributed by atoms with Crippen molar-refractivity contribution in [3.63, 3.8) is 0 Å². The van der Waals surface area contributed by atoms with Crippen LogP contribution in [0.15, 0.2) is 60.9 Å². The number of nitrogens with zero attached hydrogens (tertiary/aromatic N) is 5. The molecular weight excluding hydrogens is 466 g/mol. The molecule has 2 aromatic carbocycles. The van der Waals surface area contributed by atoms with Gasteiger partial charge in [-0.3, -0.25) is 14.4 Å². The average Bonchev–Trinajstić information content (AvgIpc) is 3.31. The van der Waals surface area contributed by atoms with Gasteiger partial charge in [0, 0.05) is 49.5 Å². The largest absolute Gasteiger partial charge is 0.465 e. The number of fused-ring (bicyclic) bond motifs is 1. The molecule has 1 N–H and O–H groups in total. The Morgan fingerprint density at radius 1 is 1.14 bits per heavy atom. The summed E-state index contributed by atoms with van der Waals surface area (Å²) >= 11 is 0. The van der Waals surface area contributed by atoms with Crippen molar-refractivity contribution < 1.29 is 14.7 Å². The van der Waals surface area contributed by atoms with Gasteiger partial charge in [0.1, 0.15) is 0 Å². The lowest BCUT2D eigenvalue weighted by molar-refractivity contribution is -0.117. The van der Waals surface area contributed by atoms with Crippen LogP contribution < -0.4 is 4.90 Å². The molecule has 1 aromatic heterocycles. The minimum atomic E-state index is -0.952. The predicted octanol–water partition coefficient (Wildman–Crippen LogP) is 5.26. The number of carbonyl (C=O) groups excluding carboxylic acids is 1. The van der Waals surface area contributed by atoms with Gasteiger partial charge in [-0.05, 0) is 63.1 Å². The monoisotopic (exact) mass is 503 g/mol. The lowest BCUT2D eigenvalue weighted by Gasteiger charge is -2.43. The van der Waals surface area contributed by atoms with E-state index in [2.05, 4.69) is 41.3 Å². The van der Waals surface area contributed by atoms with Crippen molar-refractivity contribution in [2.75, 3.05) is 18.5 Å². The van der Waals surface area contributed by atoms with Crippen LogP contribution in [0.5, 0.6) is 0 Å². The first kappa shape index (κ1) is 26.4. The maximum absolute atomic E-state index is 12.5. The number of likely N-dealkylation sites (N-methyl/N-ethyl adjacent to an activating group) is 1. The second-order valence-electron chi connectivity index (χ2n) is 10.3. The molecule has 0 spiro atoms. The minimum Gasteiger partial charge on any atom is -0.465 e. The number of carbonyl (C=O) groups is 2. The molecule has 2 atom stereocenters. The molecule has 0 aliphatic carbocycles. The summed E-state index contributed by atoms with van der Waals surface area (Å²) in [4.78, 5) is 30.2. The maximum Gasteiger partial charge on any atom is 0.408 e. The van der Waals surface area contributed by atoms with Crippen LogP contribution in [0.25, 0.3) is 11.1 Å². The Labute approximate surface area is 219 Å². The molecule has 1 aliphatic rings. The van der Waals surface area contributed by atoms with E-state index in [4.69, 9.17) is 0 Å². The van der Waals surface area contributed by atoms with Crippen LogP contribution in [0.4, 0.5) is 10.5 Å². The number of anilines is 1. The highest BCUT2D eigenvalue weighted by molar-refractivity contribution is 5.94. The fraction of sp³-hybridized carbons (Fsp3) is 0.414. The first-order valence-electron chi connectivity index (χ1n) is 12.9. The molecule has 4 rings (SSSR count). The van der Waals surface area contributed by atoms with Crippen molar-refractivity contribution in [1.82, 2.24) is 19.6 Å². The maximum atomic E-state index is 12.5. The lowest BCUT2D eigenvalue weighted by atomic mass is 9.88. The van der Waals surface area contributed by atoms with Gasteiger partial charge in [-0.25, -0.2) is 4.79 Å². The Morgan fingerprint density at radius 2 is 1.86 bits per heavy atom. The zero-order valence-electron chi connectivity index (χ0n) is 22.3. The second-order valence-corrected chi connectivity index (χ2v) is 10.3. The molecule has 0 bridgehead atoms. The highest BCUT2D eigenvalue weighted by atomic mass is 16.4. The summed E-state index contributed by atoms with van der Waals surface area (Å²) in [7, 11) is 2.10. The van der Waals surface area contributed by atoms with E-state index in [1.165, 1.54) is 10.5 Å². The van der Waals surface area contributed by atoms with Crippen molar-refractivity contribution >= 4 is 17.7 Å². The molecule has 0 saturated heterocycles. The van der Waals surface area contributed by atoms with Gasteiger partial charge in [-0.1, -0.05) is 36.4 Å². The summed E-state index contributed by atoms with van der Waals surface area (Å²) in [5, 5.41) is 14.6. The smallest absolute Gasteiger partial charge is 0.408 e. The van der Waals surface area contributed by atoms with E-state index in [9.17, 15) is 14.7 Å². The summed E-state index contributed by atoms with van der Waals surface area (Å²) < 4.78 is 1.94. The van der Waals surface area contributed by atoms with Crippen LogP contribution in [-0.2, 0) is 17.9 Å². The SMILES string of the molecule is CC(=O)N1c2ccc(-c3cnn(CCN(C)Cc4ccccc4)c3)cc2[C@H](N(C(=O)O)C(C)C)C[C@@H]1C. The third-order valence-electron chi connectivity index (χ3n) is 7.08. The summed E-state index contributed by atoms with van der Waals surface area (Å²) in [5.41, 5.74) is 4.84. The Bertz CT molecular complexity index is 1240. The number of hydrogen-bond acceptors (Lipinski definition) is 4. The fourth-order valence-electron chi connectivity index (χ4n) is 5.35. The van der Waals surface area contributed by atoms with E-state index >= 15 is 0 Å². The summed E-state index contributed by atoms with van der Waals surface area (Å²) in [5.74, 6) is -0.0428. The topological polar surface area (TPSA) is 81.9 Å². The van der Waals surface area contributed by atoms with Gasteiger partial charge >= 0.3 is 6.09 Å². The van der Waals surface area contributed by atoms with Crippen molar-refractivity contribution in [3.8, 4) is 11.1 Å². The molecule has 8 heteroatoms. The number of amides is 2. The van der Waals surface area contributed by atoms with Crippen LogP contribution in [0.1, 0.15) is 51.3 Å². The van der Waals surface area contributed by atoms with Crippen molar-refractivity contribution in [3.05, 3.63) is 72.1 Å². The van der Waals surface area contributed by atoms with E-state index in [0.717, 1.165) is 42.0 Å². The minimum absolute atomic E-state index is 0.0428. The molecule has 0 radical (unpaired) electrons. The Kier molecular flexibility index (Phi) is 7.97. The van der Waals surface area contributed by atoms with Crippen molar-refractivity contribution in [2.45, 2.75) is 65.3 Å². The van der Waals surface area contributed by atoms with Gasteiger partial charge in [0.25, 0.3) is 0 Å². The molecule has 2 amide bonds. The van der Waals surface area contributed by atoms with E-state index in [0.29, 0.717) is 6.42 Å². The van der Waals surface area contributed by atoms with Gasteiger partial charge in [0.2, 0.25) is 5.91 Å². The number of aromatic nitrogens is 2. The molecule has 37 heavy (non-hydrogen) atoms.